The zero-order chi connectivity index (χ0) is 23.3. The number of rotatable bonds is 7. The van der Waals surface area contributed by atoms with Crippen LogP contribution in [-0.4, -0.2) is 35.4 Å². The van der Waals surface area contributed by atoms with Gasteiger partial charge in [-0.25, -0.2) is 4.98 Å². The van der Waals surface area contributed by atoms with Crippen LogP contribution in [0.3, 0.4) is 0 Å². The largest absolute Gasteiger partial charge is 0.433 e. The number of fused-ring (bicyclic) bond motifs is 1. The molecule has 6 nitrogen and oxygen atoms in total. The molecule has 0 spiro atoms. The molecular formula is C22H26ClF3N4O2. The van der Waals surface area contributed by atoms with Crippen molar-refractivity contribution in [1.29, 1.82) is 0 Å². The van der Waals surface area contributed by atoms with Gasteiger partial charge in [-0.15, -0.1) is 0 Å². The van der Waals surface area contributed by atoms with Gasteiger partial charge in [-0.1, -0.05) is 11.6 Å². The summed E-state index contributed by atoms with van der Waals surface area (Å²) in [6.07, 6.45) is -0.767. The predicted octanol–water partition coefficient (Wildman–Crippen LogP) is 4.66. The van der Waals surface area contributed by atoms with E-state index in [9.17, 15) is 22.8 Å². The molecule has 1 saturated carbocycles. The molecule has 0 atom stereocenters. The molecule has 3 rings (SSSR count). The van der Waals surface area contributed by atoms with E-state index in [0.29, 0.717) is 48.3 Å². The maximum absolute atomic E-state index is 13.3. The van der Waals surface area contributed by atoms with Crippen molar-refractivity contribution in [3.8, 4) is 0 Å². The standard InChI is InChI=1S/C22H26ClF3N4O2/c1-13(31)27-10-2-3-21(32)29-16-7-5-15(6-8-16)28-19-12-20(22(24,25)26)30-18-9-4-14(23)11-17(18)19/h4,9,11-12,15-16H,2-3,5-8,10H2,1H3,(H,27,31)(H,28,30)(H,29,32). The fraction of sp³-hybridized carbons (Fsp3) is 0.500. The van der Waals surface area contributed by atoms with Gasteiger partial charge in [0.2, 0.25) is 11.8 Å². The van der Waals surface area contributed by atoms with Crippen LogP contribution in [0.25, 0.3) is 10.9 Å². The van der Waals surface area contributed by atoms with Crippen molar-refractivity contribution < 1.29 is 22.8 Å². The number of halogens is 4. The first kappa shape index (κ1) is 24.1. The van der Waals surface area contributed by atoms with E-state index in [2.05, 4.69) is 20.9 Å². The molecule has 1 aromatic heterocycles. The molecule has 10 heteroatoms. The molecule has 3 N–H and O–H groups in total. The summed E-state index contributed by atoms with van der Waals surface area (Å²) < 4.78 is 39.9. The number of hydrogen-bond donors (Lipinski definition) is 3. The summed E-state index contributed by atoms with van der Waals surface area (Å²) >= 11 is 6.05. The van der Waals surface area contributed by atoms with Gasteiger partial charge in [-0.2, -0.15) is 13.2 Å². The maximum Gasteiger partial charge on any atom is 0.433 e. The highest BCUT2D eigenvalue weighted by atomic mass is 35.5. The minimum atomic E-state index is -4.55. The van der Waals surface area contributed by atoms with Crippen LogP contribution in [0.4, 0.5) is 18.9 Å². The second kappa shape index (κ2) is 10.4. The average molecular weight is 471 g/mol. The Morgan fingerprint density at radius 2 is 1.81 bits per heavy atom. The second-order valence-corrected chi connectivity index (χ2v) is 8.50. The van der Waals surface area contributed by atoms with Gasteiger partial charge in [0, 0.05) is 48.1 Å². The van der Waals surface area contributed by atoms with Crippen LogP contribution in [-0.2, 0) is 15.8 Å². The highest BCUT2D eigenvalue weighted by Gasteiger charge is 2.34. The van der Waals surface area contributed by atoms with E-state index in [4.69, 9.17) is 11.6 Å². The summed E-state index contributed by atoms with van der Waals surface area (Å²) in [5.41, 5.74) is -0.364. The van der Waals surface area contributed by atoms with Gasteiger partial charge in [0.25, 0.3) is 0 Å². The molecule has 1 aromatic carbocycles. The number of pyridine rings is 1. The van der Waals surface area contributed by atoms with E-state index < -0.39 is 11.9 Å². The first-order valence-corrected chi connectivity index (χ1v) is 11.0. The van der Waals surface area contributed by atoms with E-state index in [0.717, 1.165) is 18.9 Å². The molecule has 0 unspecified atom stereocenters. The Kier molecular flexibility index (Phi) is 7.82. The molecule has 0 saturated heterocycles. The van der Waals surface area contributed by atoms with Crippen LogP contribution in [0, 0.1) is 0 Å². The summed E-state index contributed by atoms with van der Waals surface area (Å²) in [5.74, 6) is -0.181. The van der Waals surface area contributed by atoms with Crippen LogP contribution in [0.5, 0.6) is 0 Å². The highest BCUT2D eigenvalue weighted by molar-refractivity contribution is 6.31. The average Bonchev–Trinajstić information content (AvgIpc) is 2.72. The number of carbonyl (C=O) groups is 2. The molecule has 1 fully saturated rings. The summed E-state index contributed by atoms with van der Waals surface area (Å²) in [7, 11) is 0. The molecule has 174 valence electrons. The lowest BCUT2D eigenvalue weighted by Crippen LogP contribution is -2.40. The normalized spacial score (nSPS) is 18.9. The number of benzene rings is 1. The number of anilines is 1. The van der Waals surface area contributed by atoms with E-state index in [1.807, 2.05) is 0 Å². The summed E-state index contributed by atoms with van der Waals surface area (Å²) in [6, 6.07) is 5.66. The van der Waals surface area contributed by atoms with Crippen molar-refractivity contribution in [3.05, 3.63) is 35.0 Å². The Hall–Kier alpha value is -2.55. The van der Waals surface area contributed by atoms with E-state index in [-0.39, 0.29) is 29.4 Å². The Morgan fingerprint density at radius 1 is 1.12 bits per heavy atom. The van der Waals surface area contributed by atoms with Crippen LogP contribution in [0.1, 0.15) is 51.1 Å². The number of aromatic nitrogens is 1. The lowest BCUT2D eigenvalue weighted by molar-refractivity contribution is -0.141. The van der Waals surface area contributed by atoms with E-state index in [1.54, 1.807) is 6.07 Å². The molecule has 32 heavy (non-hydrogen) atoms. The Balaban J connectivity index is 1.58. The van der Waals surface area contributed by atoms with Crippen LogP contribution in [0.2, 0.25) is 5.02 Å². The van der Waals surface area contributed by atoms with Crippen molar-refractivity contribution in [3.63, 3.8) is 0 Å². The van der Waals surface area contributed by atoms with Gasteiger partial charge < -0.3 is 16.0 Å². The number of nitrogens with zero attached hydrogens (tertiary/aromatic N) is 1. The molecule has 0 radical (unpaired) electrons. The van der Waals surface area contributed by atoms with Gasteiger partial charge in [0.15, 0.2) is 0 Å². The van der Waals surface area contributed by atoms with E-state index in [1.165, 1.54) is 19.1 Å². The van der Waals surface area contributed by atoms with Crippen LogP contribution >= 0.6 is 11.6 Å². The number of carbonyl (C=O) groups excluding carboxylic acids is 2. The zero-order valence-electron chi connectivity index (χ0n) is 17.7. The van der Waals surface area contributed by atoms with Crippen molar-refractivity contribution in [2.75, 3.05) is 11.9 Å². The number of amides is 2. The summed E-state index contributed by atoms with van der Waals surface area (Å²) in [6.45, 7) is 1.89. The third-order valence-corrected chi connectivity index (χ3v) is 5.70. The molecule has 0 aliphatic heterocycles. The van der Waals surface area contributed by atoms with Gasteiger partial charge >= 0.3 is 6.18 Å². The maximum atomic E-state index is 13.3. The lowest BCUT2D eigenvalue weighted by Gasteiger charge is -2.30. The molecule has 1 aliphatic rings. The SMILES string of the molecule is CC(=O)NCCCC(=O)NC1CCC(Nc2cc(C(F)(F)F)nc3ccc(Cl)cc23)CC1. The van der Waals surface area contributed by atoms with Crippen LogP contribution < -0.4 is 16.0 Å². The van der Waals surface area contributed by atoms with Gasteiger partial charge in [-0.05, 0) is 56.4 Å². The van der Waals surface area contributed by atoms with Gasteiger partial charge in [0.05, 0.1) is 5.52 Å². The minimum absolute atomic E-state index is 0.0198. The quantitative estimate of drug-likeness (QED) is 0.514. The number of alkyl halides is 3. The molecule has 1 aliphatic carbocycles. The number of hydrogen-bond acceptors (Lipinski definition) is 4. The van der Waals surface area contributed by atoms with Crippen molar-refractivity contribution in [2.45, 2.75) is 63.7 Å². The van der Waals surface area contributed by atoms with Gasteiger partial charge in [-0.3, -0.25) is 9.59 Å². The zero-order valence-corrected chi connectivity index (χ0v) is 18.4. The van der Waals surface area contributed by atoms with Crippen LogP contribution in [0.15, 0.2) is 24.3 Å². The Bertz CT molecular complexity index is 976. The second-order valence-electron chi connectivity index (χ2n) is 8.06. The first-order chi connectivity index (χ1) is 15.1. The van der Waals surface area contributed by atoms with Crippen molar-refractivity contribution in [2.24, 2.45) is 0 Å². The smallest absolute Gasteiger partial charge is 0.382 e. The Labute approximate surface area is 189 Å². The van der Waals surface area contributed by atoms with E-state index >= 15 is 0 Å². The molecule has 2 amide bonds. The predicted molar refractivity (Wildman–Crippen MR) is 117 cm³/mol. The van der Waals surface area contributed by atoms with Crippen molar-refractivity contribution in [1.82, 2.24) is 15.6 Å². The van der Waals surface area contributed by atoms with Gasteiger partial charge in [0.1, 0.15) is 5.69 Å². The molecular weight excluding hydrogens is 445 g/mol. The Morgan fingerprint density at radius 3 is 2.47 bits per heavy atom. The molecule has 0 bridgehead atoms. The lowest BCUT2D eigenvalue weighted by atomic mass is 9.90. The topological polar surface area (TPSA) is 83.1 Å². The summed E-state index contributed by atoms with van der Waals surface area (Å²) in [4.78, 5) is 26.6. The molecule has 1 heterocycles. The molecule has 2 aromatic rings. The number of nitrogens with one attached hydrogen (secondary N) is 3. The van der Waals surface area contributed by atoms with Crippen molar-refractivity contribution >= 4 is 40.0 Å². The fourth-order valence-corrected chi connectivity index (χ4v) is 4.05. The fourth-order valence-electron chi connectivity index (χ4n) is 3.88. The third kappa shape index (κ3) is 6.72. The summed E-state index contributed by atoms with van der Waals surface area (Å²) in [5, 5.41) is 9.86. The third-order valence-electron chi connectivity index (χ3n) is 5.47. The first-order valence-electron chi connectivity index (χ1n) is 10.6. The monoisotopic (exact) mass is 470 g/mol. The minimum Gasteiger partial charge on any atom is -0.382 e. The highest BCUT2D eigenvalue weighted by Crippen LogP contribution is 2.35.